The van der Waals surface area contributed by atoms with E-state index in [4.69, 9.17) is 0 Å². The van der Waals surface area contributed by atoms with Gasteiger partial charge in [0.2, 0.25) is 5.91 Å². The lowest BCUT2D eigenvalue weighted by atomic mass is 10.3. The molecule has 5 nitrogen and oxygen atoms in total. The van der Waals surface area contributed by atoms with E-state index >= 15 is 0 Å². The minimum atomic E-state index is -0.523. The number of carbonyl (C=O) groups is 2. The third-order valence-electron chi connectivity index (χ3n) is 2.38. The lowest BCUT2D eigenvalue weighted by Gasteiger charge is -2.18. The van der Waals surface area contributed by atoms with E-state index in [0.29, 0.717) is 6.54 Å². The number of rotatable bonds is 4. The van der Waals surface area contributed by atoms with Gasteiger partial charge in [0.25, 0.3) is 0 Å². The summed E-state index contributed by atoms with van der Waals surface area (Å²) in [4.78, 5) is 26.9. The van der Waals surface area contributed by atoms with Crippen LogP contribution in [0.2, 0.25) is 0 Å². The van der Waals surface area contributed by atoms with Crippen molar-refractivity contribution < 1.29 is 9.59 Å². The van der Waals surface area contributed by atoms with Crippen LogP contribution < -0.4 is 10.6 Å². The minimum absolute atomic E-state index is 0.128. The molecular formula is C12H19N3O2S. The molecule has 0 spiro atoms. The van der Waals surface area contributed by atoms with Crippen LogP contribution in [0, 0.1) is 6.92 Å². The summed E-state index contributed by atoms with van der Waals surface area (Å²) in [6.45, 7) is 4.16. The topological polar surface area (TPSA) is 61.4 Å². The van der Waals surface area contributed by atoms with Gasteiger partial charge in [0.05, 0.1) is 6.54 Å². The molecule has 0 unspecified atom stereocenters. The van der Waals surface area contributed by atoms with E-state index in [9.17, 15) is 9.59 Å². The van der Waals surface area contributed by atoms with Crippen LogP contribution in [0.4, 0.5) is 4.79 Å². The Kier molecular flexibility index (Phi) is 5.15. The highest BCUT2D eigenvalue weighted by Crippen LogP contribution is 2.14. The van der Waals surface area contributed by atoms with E-state index in [1.807, 2.05) is 19.1 Å². The maximum absolute atomic E-state index is 11.6. The molecule has 100 valence electrons. The van der Waals surface area contributed by atoms with Crippen molar-refractivity contribution in [1.29, 1.82) is 0 Å². The molecule has 1 rings (SSSR count). The zero-order valence-corrected chi connectivity index (χ0v) is 11.9. The molecule has 0 radical (unpaired) electrons. The standard InChI is InChI=1S/C12H19N3O2S/c1-8-5-6-10(18-8)7-13-12(17)14-9(2)11(16)15(3)4/h5-6,9H,7H2,1-4H3,(H2,13,14,17)/t9-/m0/s1. The van der Waals surface area contributed by atoms with Gasteiger partial charge in [-0.25, -0.2) is 4.79 Å². The van der Waals surface area contributed by atoms with Crippen LogP contribution in [-0.4, -0.2) is 37.0 Å². The monoisotopic (exact) mass is 269 g/mol. The van der Waals surface area contributed by atoms with Crippen molar-refractivity contribution in [2.45, 2.75) is 26.4 Å². The van der Waals surface area contributed by atoms with Crippen LogP contribution in [0.5, 0.6) is 0 Å². The Hall–Kier alpha value is -1.56. The molecule has 2 N–H and O–H groups in total. The highest BCUT2D eigenvalue weighted by atomic mass is 32.1. The molecule has 1 heterocycles. The second-order valence-corrected chi connectivity index (χ2v) is 5.67. The predicted octanol–water partition coefficient (Wildman–Crippen LogP) is 1.33. The predicted molar refractivity (Wildman–Crippen MR) is 72.6 cm³/mol. The molecule has 1 aromatic heterocycles. The maximum Gasteiger partial charge on any atom is 0.315 e. The number of carbonyl (C=O) groups excluding carboxylic acids is 2. The van der Waals surface area contributed by atoms with Gasteiger partial charge in [-0.15, -0.1) is 11.3 Å². The highest BCUT2D eigenvalue weighted by molar-refractivity contribution is 7.11. The molecule has 1 aromatic rings. The van der Waals surface area contributed by atoms with E-state index in [2.05, 4.69) is 10.6 Å². The van der Waals surface area contributed by atoms with Crippen molar-refractivity contribution >= 4 is 23.3 Å². The zero-order valence-electron chi connectivity index (χ0n) is 11.1. The van der Waals surface area contributed by atoms with Gasteiger partial charge in [-0.3, -0.25) is 4.79 Å². The first-order chi connectivity index (χ1) is 8.40. The Morgan fingerprint density at radius 2 is 2.06 bits per heavy atom. The summed E-state index contributed by atoms with van der Waals surface area (Å²) < 4.78 is 0. The third-order valence-corrected chi connectivity index (χ3v) is 3.38. The van der Waals surface area contributed by atoms with Gasteiger partial charge < -0.3 is 15.5 Å². The Morgan fingerprint density at radius 1 is 1.39 bits per heavy atom. The molecular weight excluding hydrogens is 250 g/mol. The van der Waals surface area contributed by atoms with Gasteiger partial charge in [0, 0.05) is 23.8 Å². The Bertz CT molecular complexity index is 429. The molecule has 0 aromatic carbocycles. The Morgan fingerprint density at radius 3 is 2.56 bits per heavy atom. The number of thiophene rings is 1. The number of likely N-dealkylation sites (N-methyl/N-ethyl adjacent to an activating group) is 1. The molecule has 18 heavy (non-hydrogen) atoms. The van der Waals surface area contributed by atoms with Crippen molar-refractivity contribution in [1.82, 2.24) is 15.5 Å². The van der Waals surface area contributed by atoms with Crippen LogP contribution in [0.1, 0.15) is 16.7 Å². The number of amides is 3. The summed E-state index contributed by atoms with van der Waals surface area (Å²) in [6, 6.07) is 3.14. The lowest BCUT2D eigenvalue weighted by Crippen LogP contribution is -2.47. The summed E-state index contributed by atoms with van der Waals surface area (Å²) >= 11 is 1.64. The average Bonchev–Trinajstić information content (AvgIpc) is 2.71. The first kappa shape index (κ1) is 14.5. The summed E-state index contributed by atoms with van der Waals surface area (Å²) in [7, 11) is 3.32. The summed E-state index contributed by atoms with van der Waals surface area (Å²) in [5.41, 5.74) is 0. The fourth-order valence-electron chi connectivity index (χ4n) is 1.44. The molecule has 0 aliphatic carbocycles. The Balaban J connectivity index is 2.36. The average molecular weight is 269 g/mol. The summed E-state index contributed by atoms with van der Waals surface area (Å²) in [5.74, 6) is -0.128. The van der Waals surface area contributed by atoms with Gasteiger partial charge in [0.1, 0.15) is 6.04 Å². The fraction of sp³-hybridized carbons (Fsp3) is 0.500. The van der Waals surface area contributed by atoms with Crippen molar-refractivity contribution in [3.8, 4) is 0 Å². The lowest BCUT2D eigenvalue weighted by molar-refractivity contribution is -0.130. The van der Waals surface area contributed by atoms with Gasteiger partial charge in [-0.1, -0.05) is 0 Å². The van der Waals surface area contributed by atoms with E-state index < -0.39 is 6.04 Å². The number of urea groups is 1. The molecule has 0 saturated carbocycles. The molecule has 0 aliphatic rings. The quantitative estimate of drug-likeness (QED) is 0.866. The molecule has 0 fully saturated rings. The van der Waals surface area contributed by atoms with E-state index in [1.54, 1.807) is 32.4 Å². The number of aryl methyl sites for hydroxylation is 1. The molecule has 0 aliphatic heterocycles. The van der Waals surface area contributed by atoms with Crippen molar-refractivity contribution in [3.63, 3.8) is 0 Å². The number of hydrogen-bond donors (Lipinski definition) is 2. The van der Waals surface area contributed by atoms with Crippen molar-refractivity contribution in [2.24, 2.45) is 0 Å². The van der Waals surface area contributed by atoms with E-state index in [1.165, 1.54) is 9.78 Å². The molecule has 1 atom stereocenters. The van der Waals surface area contributed by atoms with Crippen LogP contribution in [0.3, 0.4) is 0 Å². The molecule has 0 bridgehead atoms. The van der Waals surface area contributed by atoms with Gasteiger partial charge in [-0.05, 0) is 26.0 Å². The number of nitrogens with zero attached hydrogens (tertiary/aromatic N) is 1. The fourth-order valence-corrected chi connectivity index (χ4v) is 2.27. The van der Waals surface area contributed by atoms with Crippen molar-refractivity contribution in [2.75, 3.05) is 14.1 Å². The normalized spacial score (nSPS) is 11.8. The van der Waals surface area contributed by atoms with Crippen molar-refractivity contribution in [3.05, 3.63) is 21.9 Å². The van der Waals surface area contributed by atoms with E-state index in [0.717, 1.165) is 4.88 Å². The highest BCUT2D eigenvalue weighted by Gasteiger charge is 2.16. The largest absolute Gasteiger partial charge is 0.347 e. The molecule has 6 heteroatoms. The summed E-state index contributed by atoms with van der Waals surface area (Å²) in [6.07, 6.45) is 0. The molecule has 3 amide bonds. The van der Waals surface area contributed by atoms with Crippen LogP contribution in [0.15, 0.2) is 12.1 Å². The Labute approximate surface area is 111 Å². The minimum Gasteiger partial charge on any atom is -0.347 e. The second-order valence-electron chi connectivity index (χ2n) is 4.29. The smallest absolute Gasteiger partial charge is 0.315 e. The van der Waals surface area contributed by atoms with Crippen LogP contribution >= 0.6 is 11.3 Å². The van der Waals surface area contributed by atoms with Gasteiger partial charge >= 0.3 is 6.03 Å². The summed E-state index contributed by atoms with van der Waals surface area (Å²) in [5, 5.41) is 5.33. The van der Waals surface area contributed by atoms with Crippen LogP contribution in [0.25, 0.3) is 0 Å². The number of hydrogen-bond acceptors (Lipinski definition) is 3. The first-order valence-corrected chi connectivity index (χ1v) is 6.52. The van der Waals surface area contributed by atoms with Gasteiger partial charge in [-0.2, -0.15) is 0 Å². The third kappa shape index (κ3) is 4.37. The first-order valence-electron chi connectivity index (χ1n) is 5.71. The zero-order chi connectivity index (χ0) is 13.7. The van der Waals surface area contributed by atoms with Gasteiger partial charge in [0.15, 0.2) is 0 Å². The maximum atomic E-state index is 11.6. The van der Waals surface area contributed by atoms with E-state index in [-0.39, 0.29) is 11.9 Å². The SMILES string of the molecule is Cc1ccc(CNC(=O)N[C@@H](C)C(=O)N(C)C)s1. The number of nitrogens with one attached hydrogen (secondary N) is 2. The van der Waals surface area contributed by atoms with Crippen LogP contribution in [-0.2, 0) is 11.3 Å². The molecule has 0 saturated heterocycles. The second kappa shape index (κ2) is 6.39.